The van der Waals surface area contributed by atoms with E-state index in [4.69, 9.17) is 4.74 Å². The van der Waals surface area contributed by atoms with Gasteiger partial charge in [0.2, 0.25) is 0 Å². The number of likely N-dealkylation sites (N-methyl/N-ethyl adjacent to an activating group) is 1. The van der Waals surface area contributed by atoms with Gasteiger partial charge >= 0.3 is 12.2 Å². The van der Waals surface area contributed by atoms with Gasteiger partial charge in [-0.3, -0.25) is 0 Å². The normalized spacial score (nSPS) is 12.6. The van der Waals surface area contributed by atoms with Crippen molar-refractivity contribution in [1.29, 1.82) is 0 Å². The molecule has 0 saturated carbocycles. The van der Waals surface area contributed by atoms with Gasteiger partial charge in [-0.05, 0) is 50.0 Å². The van der Waals surface area contributed by atoms with Crippen LogP contribution in [-0.2, 0) is 6.18 Å². The Kier molecular flexibility index (Phi) is 6.85. The fourth-order valence-electron chi connectivity index (χ4n) is 2.60. The number of halogens is 4. The Morgan fingerprint density at radius 1 is 1.18 bits per heavy atom. The number of benzene rings is 2. The molecule has 152 valence electrons. The first-order valence-electron chi connectivity index (χ1n) is 8.33. The lowest BCUT2D eigenvalue weighted by molar-refractivity contribution is -0.137. The van der Waals surface area contributed by atoms with Gasteiger partial charge in [-0.15, -0.1) is 0 Å². The van der Waals surface area contributed by atoms with Crippen LogP contribution in [0.5, 0.6) is 5.75 Å². The molecule has 1 unspecified atom stereocenters. The first kappa shape index (κ1) is 21.5. The molecule has 0 aliphatic rings. The predicted octanol–water partition coefficient (Wildman–Crippen LogP) is 4.28. The minimum atomic E-state index is -4.64. The minimum absolute atomic E-state index is 0.145. The van der Waals surface area contributed by atoms with Crippen LogP contribution in [0.1, 0.15) is 17.2 Å². The number of anilines is 1. The molecule has 0 heterocycles. The summed E-state index contributed by atoms with van der Waals surface area (Å²) in [5, 5.41) is 4.68. The van der Waals surface area contributed by atoms with Crippen LogP contribution in [0.4, 0.5) is 28.0 Å². The van der Waals surface area contributed by atoms with Gasteiger partial charge in [0.05, 0.1) is 24.4 Å². The second-order valence-electron chi connectivity index (χ2n) is 6.28. The van der Waals surface area contributed by atoms with Crippen LogP contribution in [0.25, 0.3) is 0 Å². The van der Waals surface area contributed by atoms with Crippen molar-refractivity contribution in [2.45, 2.75) is 12.2 Å². The molecular weight excluding hydrogens is 378 g/mol. The highest BCUT2D eigenvalue weighted by Gasteiger charge is 2.31. The molecule has 0 aromatic heterocycles. The number of carbonyl (C=O) groups excluding carboxylic acids is 1. The van der Waals surface area contributed by atoms with Gasteiger partial charge in [-0.2, -0.15) is 13.2 Å². The number of hydrogen-bond acceptors (Lipinski definition) is 3. The predicted molar refractivity (Wildman–Crippen MR) is 97.8 cm³/mol. The molecule has 9 heteroatoms. The Balaban J connectivity index is 2.08. The summed E-state index contributed by atoms with van der Waals surface area (Å²) in [7, 11) is 5.17. The Morgan fingerprint density at radius 2 is 1.89 bits per heavy atom. The van der Waals surface area contributed by atoms with E-state index in [0.29, 0.717) is 23.9 Å². The number of alkyl halides is 3. The molecule has 0 fully saturated rings. The number of carbonyl (C=O) groups is 1. The fourth-order valence-corrected chi connectivity index (χ4v) is 2.60. The lowest BCUT2D eigenvalue weighted by atomic mass is 10.1. The van der Waals surface area contributed by atoms with Crippen LogP contribution < -0.4 is 15.4 Å². The minimum Gasteiger partial charge on any atom is -0.497 e. The number of nitrogens with one attached hydrogen (secondary N) is 2. The monoisotopic (exact) mass is 399 g/mol. The van der Waals surface area contributed by atoms with Crippen LogP contribution in [0.2, 0.25) is 0 Å². The molecule has 0 radical (unpaired) electrons. The molecule has 2 aromatic carbocycles. The van der Waals surface area contributed by atoms with E-state index >= 15 is 0 Å². The highest BCUT2D eigenvalue weighted by Crippen LogP contribution is 2.31. The lowest BCUT2D eigenvalue weighted by Crippen LogP contribution is -2.37. The highest BCUT2D eigenvalue weighted by atomic mass is 19.4. The maximum Gasteiger partial charge on any atom is 0.416 e. The van der Waals surface area contributed by atoms with Crippen molar-refractivity contribution >= 4 is 11.7 Å². The zero-order valence-electron chi connectivity index (χ0n) is 15.6. The average Bonchev–Trinajstić information content (AvgIpc) is 2.62. The summed E-state index contributed by atoms with van der Waals surface area (Å²) < 4.78 is 57.2. The SMILES string of the molecule is COc1cccc(C(CNC(=O)Nc2cc(C(F)(F)F)ccc2F)N(C)C)c1. The van der Waals surface area contributed by atoms with Gasteiger partial charge in [0.15, 0.2) is 0 Å². The number of ether oxygens (including phenoxy) is 1. The highest BCUT2D eigenvalue weighted by molar-refractivity contribution is 5.89. The van der Waals surface area contributed by atoms with Gasteiger partial charge in [-0.1, -0.05) is 12.1 Å². The number of rotatable bonds is 6. The third kappa shape index (κ3) is 5.59. The maximum absolute atomic E-state index is 13.8. The van der Waals surface area contributed by atoms with E-state index < -0.39 is 29.3 Å². The largest absolute Gasteiger partial charge is 0.497 e. The molecule has 2 N–H and O–H groups in total. The van der Waals surface area contributed by atoms with E-state index in [1.54, 1.807) is 13.2 Å². The van der Waals surface area contributed by atoms with Crippen molar-refractivity contribution in [3.63, 3.8) is 0 Å². The Morgan fingerprint density at radius 3 is 2.50 bits per heavy atom. The summed E-state index contributed by atoms with van der Waals surface area (Å²) in [4.78, 5) is 14.0. The number of hydrogen-bond donors (Lipinski definition) is 2. The molecule has 2 aromatic rings. The van der Waals surface area contributed by atoms with E-state index in [0.717, 1.165) is 5.56 Å². The fraction of sp³-hybridized carbons (Fsp3) is 0.316. The van der Waals surface area contributed by atoms with Gasteiger partial charge in [-0.25, -0.2) is 9.18 Å². The topological polar surface area (TPSA) is 53.6 Å². The third-order valence-electron chi connectivity index (χ3n) is 4.10. The van der Waals surface area contributed by atoms with Crippen molar-refractivity contribution < 1.29 is 27.1 Å². The molecule has 2 amide bonds. The van der Waals surface area contributed by atoms with E-state index in [2.05, 4.69) is 10.6 Å². The van der Waals surface area contributed by atoms with E-state index in [1.807, 2.05) is 37.2 Å². The van der Waals surface area contributed by atoms with Crippen molar-refractivity contribution in [1.82, 2.24) is 10.2 Å². The van der Waals surface area contributed by atoms with Crippen LogP contribution >= 0.6 is 0 Å². The summed E-state index contributed by atoms with van der Waals surface area (Å²) in [5.41, 5.74) is -0.725. The Hall–Kier alpha value is -2.81. The van der Waals surface area contributed by atoms with Crippen LogP contribution in [0.3, 0.4) is 0 Å². The van der Waals surface area contributed by atoms with Crippen LogP contribution in [-0.4, -0.2) is 38.7 Å². The summed E-state index contributed by atoms with van der Waals surface area (Å²) in [5.74, 6) is -0.306. The molecule has 1 atom stereocenters. The van der Waals surface area contributed by atoms with Gasteiger partial charge < -0.3 is 20.3 Å². The number of methoxy groups -OCH3 is 1. The molecular formula is C19H21F4N3O2. The summed E-state index contributed by atoms with van der Waals surface area (Å²) >= 11 is 0. The molecule has 0 saturated heterocycles. The number of amides is 2. The van der Waals surface area contributed by atoms with Crippen LogP contribution in [0.15, 0.2) is 42.5 Å². The Labute approximate surface area is 160 Å². The van der Waals surface area contributed by atoms with Crippen molar-refractivity contribution in [3.05, 3.63) is 59.4 Å². The zero-order chi connectivity index (χ0) is 20.9. The molecule has 0 bridgehead atoms. The zero-order valence-corrected chi connectivity index (χ0v) is 15.6. The first-order valence-corrected chi connectivity index (χ1v) is 8.33. The Bertz CT molecular complexity index is 825. The first-order chi connectivity index (χ1) is 13.1. The molecule has 2 rings (SSSR count). The standard InChI is InChI=1S/C19H21F4N3O2/c1-26(2)17(12-5-4-6-14(9-12)28-3)11-24-18(27)25-16-10-13(19(21,22)23)7-8-15(16)20/h4-10,17H,11H2,1-3H3,(H2,24,25,27). The second kappa shape index (κ2) is 8.92. The smallest absolute Gasteiger partial charge is 0.416 e. The quantitative estimate of drug-likeness (QED) is 0.713. The van der Waals surface area contributed by atoms with E-state index in [1.165, 1.54) is 0 Å². The maximum atomic E-state index is 13.8. The average molecular weight is 399 g/mol. The number of nitrogens with zero attached hydrogens (tertiary/aromatic N) is 1. The van der Waals surface area contributed by atoms with E-state index in [9.17, 15) is 22.4 Å². The molecule has 0 aliphatic carbocycles. The second-order valence-corrected chi connectivity index (χ2v) is 6.28. The molecule has 28 heavy (non-hydrogen) atoms. The van der Waals surface area contributed by atoms with Gasteiger partial charge in [0, 0.05) is 6.54 Å². The third-order valence-corrected chi connectivity index (χ3v) is 4.10. The van der Waals surface area contributed by atoms with Gasteiger partial charge in [0.1, 0.15) is 11.6 Å². The molecule has 5 nitrogen and oxygen atoms in total. The van der Waals surface area contributed by atoms with Crippen molar-refractivity contribution in [2.24, 2.45) is 0 Å². The number of urea groups is 1. The lowest BCUT2D eigenvalue weighted by Gasteiger charge is -2.25. The summed E-state index contributed by atoms with van der Waals surface area (Å²) in [6.07, 6.45) is -4.64. The van der Waals surface area contributed by atoms with Gasteiger partial charge in [0.25, 0.3) is 0 Å². The van der Waals surface area contributed by atoms with Crippen molar-refractivity contribution in [3.8, 4) is 5.75 Å². The molecule has 0 spiro atoms. The van der Waals surface area contributed by atoms with Crippen molar-refractivity contribution in [2.75, 3.05) is 33.1 Å². The van der Waals surface area contributed by atoms with E-state index in [-0.39, 0.29) is 12.6 Å². The summed E-state index contributed by atoms with van der Waals surface area (Å²) in [6.45, 7) is 0.145. The molecule has 0 aliphatic heterocycles. The van der Waals surface area contributed by atoms with Crippen LogP contribution in [0, 0.1) is 5.82 Å². The summed E-state index contributed by atoms with van der Waals surface area (Å²) in [6, 6.07) is 8.06.